The Balaban J connectivity index is 3.13. The smallest absolute Gasteiger partial charge is 0.0701 e. The third kappa shape index (κ3) is 22.5. The van der Waals surface area contributed by atoms with Gasteiger partial charge in [-0.25, -0.2) is 0 Å². The molecular formula is C12H24O8S4-2. The van der Waals surface area contributed by atoms with Gasteiger partial charge in [0.2, 0.25) is 0 Å². The second kappa shape index (κ2) is 14.6. The largest absolute Gasteiger partial charge is 0.769 e. The second-order valence-corrected chi connectivity index (χ2v) is 10.8. The van der Waals surface area contributed by atoms with Gasteiger partial charge in [0.1, 0.15) is 0 Å². The monoisotopic (exact) mass is 424 g/mol. The molecule has 0 aliphatic rings. The van der Waals surface area contributed by atoms with Crippen molar-refractivity contribution < 1.29 is 36.5 Å². The molecule has 8 nitrogen and oxygen atoms in total. The Labute approximate surface area is 153 Å². The van der Waals surface area contributed by atoms with Gasteiger partial charge in [-0.15, -0.1) is 0 Å². The lowest BCUT2D eigenvalue weighted by atomic mass is 10.5. The van der Waals surface area contributed by atoms with Crippen molar-refractivity contribution in [3.63, 3.8) is 0 Å². The van der Waals surface area contributed by atoms with Crippen LogP contribution in [0.5, 0.6) is 0 Å². The van der Waals surface area contributed by atoms with Gasteiger partial charge in [-0.3, -0.25) is 8.42 Å². The molecule has 0 N–H and O–H groups in total. The minimum absolute atomic E-state index is 0.0534. The molecule has 0 aromatic carbocycles. The summed E-state index contributed by atoms with van der Waals surface area (Å²) in [6.07, 6.45) is 0.765. The maximum atomic E-state index is 10.7. The first-order valence-corrected chi connectivity index (χ1v) is 12.5. The van der Waals surface area contributed by atoms with Crippen molar-refractivity contribution >= 4 is 39.9 Å². The van der Waals surface area contributed by atoms with E-state index in [0.29, 0.717) is 65.7 Å². The molecule has 0 amide bonds. The summed E-state index contributed by atoms with van der Waals surface area (Å²) < 4.78 is 63.6. The van der Waals surface area contributed by atoms with E-state index in [1.54, 1.807) is 0 Å². The van der Waals surface area contributed by atoms with Crippen LogP contribution in [0.1, 0.15) is 12.8 Å². The minimum atomic E-state index is -3.33. The predicted molar refractivity (Wildman–Crippen MR) is 94.8 cm³/mol. The van der Waals surface area contributed by atoms with Crippen LogP contribution in [0.2, 0.25) is 0 Å². The molecule has 0 aromatic heterocycles. The summed E-state index contributed by atoms with van der Waals surface area (Å²) in [5, 5.41) is 0. The van der Waals surface area contributed by atoms with Gasteiger partial charge in [-0.1, -0.05) is 0 Å². The van der Waals surface area contributed by atoms with Crippen LogP contribution in [-0.4, -0.2) is 81.9 Å². The molecule has 0 aliphatic heterocycles. The first kappa shape index (κ1) is 24.5. The fraction of sp³-hybridized carbons (Fsp3) is 1.00. The summed E-state index contributed by atoms with van der Waals surface area (Å²) in [5.41, 5.74) is 0. The van der Waals surface area contributed by atoms with Gasteiger partial charge in [0.15, 0.2) is 0 Å². The highest BCUT2D eigenvalue weighted by atomic mass is 32.8. The second-order valence-electron chi connectivity index (χ2n) is 4.68. The van der Waals surface area contributed by atoms with Crippen LogP contribution in [0.15, 0.2) is 0 Å². The molecule has 0 saturated heterocycles. The van der Waals surface area contributed by atoms with Crippen LogP contribution in [0.25, 0.3) is 0 Å². The van der Waals surface area contributed by atoms with Gasteiger partial charge in [0, 0.05) is 24.7 Å². The number of rotatable bonds is 17. The number of ether oxygens (including phenoxy) is 4. The van der Waals surface area contributed by atoms with Gasteiger partial charge < -0.3 is 28.1 Å². The van der Waals surface area contributed by atoms with Gasteiger partial charge in [-0.2, -0.15) is 0 Å². The van der Waals surface area contributed by atoms with E-state index in [1.807, 2.05) is 0 Å². The molecule has 24 heavy (non-hydrogen) atoms. The third-order valence-electron chi connectivity index (χ3n) is 2.48. The summed E-state index contributed by atoms with van der Waals surface area (Å²) >= 11 is 8.48. The zero-order valence-electron chi connectivity index (χ0n) is 13.4. The van der Waals surface area contributed by atoms with Crippen molar-refractivity contribution in [2.24, 2.45) is 0 Å². The fourth-order valence-corrected chi connectivity index (χ4v) is 3.09. The van der Waals surface area contributed by atoms with Crippen molar-refractivity contribution in [3.05, 3.63) is 0 Å². The lowest BCUT2D eigenvalue weighted by Gasteiger charge is -2.10. The number of hydrogen-bond acceptors (Lipinski definition) is 10. The maximum Gasteiger partial charge on any atom is 0.0701 e. The molecule has 0 fully saturated rings. The fourth-order valence-electron chi connectivity index (χ4n) is 1.44. The molecule has 0 aliphatic carbocycles. The van der Waals surface area contributed by atoms with Crippen LogP contribution in [0, 0.1) is 0 Å². The van der Waals surface area contributed by atoms with Gasteiger partial charge in [-0.05, 0) is 52.8 Å². The summed E-state index contributed by atoms with van der Waals surface area (Å²) in [6.45, 7) is 3.06. The molecule has 0 spiro atoms. The molecule has 146 valence electrons. The van der Waals surface area contributed by atoms with Gasteiger partial charge in [0.25, 0.3) is 0 Å². The Hall–Kier alpha value is 0.500. The Kier molecular flexibility index (Phi) is 15.0. The Morgan fingerprint density at radius 3 is 1.08 bits per heavy atom. The van der Waals surface area contributed by atoms with Crippen molar-refractivity contribution in [2.45, 2.75) is 12.8 Å². The van der Waals surface area contributed by atoms with E-state index < -0.39 is 17.5 Å². The standard InChI is InChI=1S/C12H26O8S4/c13-23(14,21)11-1-3-17-5-7-19-9-10-20-8-6-18-4-2-12-24(15,16)22/h1-12H2,(H,13,14,21)(H,15,16,22)/p-2. The van der Waals surface area contributed by atoms with E-state index in [-0.39, 0.29) is 11.5 Å². The lowest BCUT2D eigenvalue weighted by molar-refractivity contribution is -0.00155. The first-order chi connectivity index (χ1) is 11.2. The van der Waals surface area contributed by atoms with Crippen molar-refractivity contribution in [2.75, 3.05) is 64.4 Å². The van der Waals surface area contributed by atoms with Crippen molar-refractivity contribution in [1.29, 1.82) is 0 Å². The highest BCUT2D eigenvalue weighted by Crippen LogP contribution is 1.91. The highest BCUT2D eigenvalue weighted by molar-refractivity contribution is 8.29. The Morgan fingerprint density at radius 2 is 0.833 bits per heavy atom. The molecule has 0 saturated carbocycles. The highest BCUT2D eigenvalue weighted by Gasteiger charge is 1.95. The molecule has 0 aromatic rings. The first-order valence-electron chi connectivity index (χ1n) is 7.39. The predicted octanol–water partition coefficient (Wildman–Crippen LogP) is -0.414. The summed E-state index contributed by atoms with van der Waals surface area (Å²) in [7, 11) is -6.67. The lowest BCUT2D eigenvalue weighted by Crippen LogP contribution is -2.13. The molecule has 2 unspecified atom stereocenters. The molecule has 0 bridgehead atoms. The normalized spacial score (nSPS) is 16.6. The van der Waals surface area contributed by atoms with Gasteiger partial charge in [0.05, 0.1) is 39.6 Å². The van der Waals surface area contributed by atoms with E-state index in [4.69, 9.17) is 18.9 Å². The topological polar surface area (TPSA) is 117 Å². The van der Waals surface area contributed by atoms with Crippen LogP contribution < -0.4 is 0 Å². The van der Waals surface area contributed by atoms with Crippen LogP contribution in [0.4, 0.5) is 0 Å². The summed E-state index contributed by atoms with van der Waals surface area (Å²) in [5.74, 6) is -0.107. The maximum absolute atomic E-state index is 10.7. The average Bonchev–Trinajstić information content (AvgIpc) is 2.44. The number of hydrogen-bond donors (Lipinski definition) is 0. The quantitative estimate of drug-likeness (QED) is 0.285. The third-order valence-corrected chi connectivity index (χ3v) is 5.06. The van der Waals surface area contributed by atoms with E-state index in [9.17, 15) is 17.5 Å². The SMILES string of the molecule is O=S([O-])(=S)CCCOCCOCCOCCOCCCS(=O)([O-])=S. The molecule has 12 heteroatoms. The van der Waals surface area contributed by atoms with Crippen molar-refractivity contribution in [3.8, 4) is 0 Å². The zero-order valence-corrected chi connectivity index (χ0v) is 16.7. The molecule has 0 radical (unpaired) electrons. The molecule has 0 heterocycles. The van der Waals surface area contributed by atoms with Gasteiger partial charge >= 0.3 is 0 Å². The van der Waals surface area contributed by atoms with Crippen LogP contribution in [-0.2, 0) is 58.9 Å². The summed E-state index contributed by atoms with van der Waals surface area (Å²) in [4.78, 5) is 0. The van der Waals surface area contributed by atoms with E-state index in [0.717, 1.165) is 0 Å². The Morgan fingerprint density at radius 1 is 0.583 bits per heavy atom. The molecule has 2 atom stereocenters. The zero-order chi connectivity index (χ0) is 18.3. The molecular weight excluding hydrogens is 400 g/mol. The Bertz CT molecular complexity index is 445. The van der Waals surface area contributed by atoms with E-state index in [1.165, 1.54) is 0 Å². The average molecular weight is 425 g/mol. The van der Waals surface area contributed by atoms with Crippen molar-refractivity contribution in [1.82, 2.24) is 0 Å². The minimum Gasteiger partial charge on any atom is -0.769 e. The van der Waals surface area contributed by atoms with E-state index in [2.05, 4.69) is 22.4 Å². The van der Waals surface area contributed by atoms with Crippen LogP contribution in [0.3, 0.4) is 0 Å². The molecule has 0 rings (SSSR count). The van der Waals surface area contributed by atoms with Crippen LogP contribution >= 0.6 is 0 Å². The van der Waals surface area contributed by atoms with E-state index >= 15 is 0 Å². The summed E-state index contributed by atoms with van der Waals surface area (Å²) in [6, 6.07) is 0.